The van der Waals surface area contributed by atoms with Gasteiger partial charge in [0.15, 0.2) is 0 Å². The van der Waals surface area contributed by atoms with Gasteiger partial charge in [0.1, 0.15) is 10.6 Å². The number of amides is 1. The number of hydroxylamine groups is 1. The van der Waals surface area contributed by atoms with Gasteiger partial charge in [0.2, 0.25) is 10.3 Å². The molecule has 0 radical (unpaired) electrons. The Hall–Kier alpha value is -2.64. The van der Waals surface area contributed by atoms with Gasteiger partial charge in [0.25, 0.3) is 5.91 Å². The van der Waals surface area contributed by atoms with Crippen molar-refractivity contribution in [2.75, 3.05) is 7.11 Å². The molecule has 0 fully saturated rings. The highest BCUT2D eigenvalue weighted by Gasteiger charge is 2.17. The van der Waals surface area contributed by atoms with E-state index in [-0.39, 0.29) is 16.0 Å². The second kappa shape index (κ2) is 6.88. The quantitative estimate of drug-likeness (QED) is 0.383. The van der Waals surface area contributed by atoms with Crippen molar-refractivity contribution >= 4 is 21.1 Å². The van der Waals surface area contributed by atoms with Crippen LogP contribution in [-0.2, 0) is 10.3 Å². The number of benzene rings is 2. The lowest BCUT2D eigenvalue weighted by Crippen LogP contribution is -2.22. The maximum absolute atomic E-state index is 11.7. The van der Waals surface area contributed by atoms with Crippen molar-refractivity contribution < 1.29 is 23.2 Å². The van der Waals surface area contributed by atoms with E-state index in [4.69, 9.17) is 9.94 Å². The number of carbonyl (C=O) groups is 1. The smallest absolute Gasteiger partial charge is 0.275 e. The van der Waals surface area contributed by atoms with Gasteiger partial charge in [-0.1, -0.05) is 18.2 Å². The van der Waals surface area contributed by atoms with E-state index in [9.17, 15) is 13.2 Å². The van der Waals surface area contributed by atoms with Crippen LogP contribution in [0.2, 0.25) is 0 Å². The summed E-state index contributed by atoms with van der Waals surface area (Å²) < 4.78 is 28.3. The Morgan fingerprint density at radius 3 is 2.14 bits per heavy atom. The molecule has 0 aromatic heterocycles. The summed E-state index contributed by atoms with van der Waals surface area (Å²) in [6.45, 7) is 0. The van der Waals surface area contributed by atoms with E-state index in [0.29, 0.717) is 11.3 Å². The number of methoxy groups -OCH3 is 1. The lowest BCUT2D eigenvalue weighted by atomic mass is 9.99. The highest BCUT2D eigenvalue weighted by Crippen LogP contribution is 2.18. The molecular formula is C15H13NO5S. The van der Waals surface area contributed by atoms with Crippen LogP contribution in [0.4, 0.5) is 0 Å². The van der Waals surface area contributed by atoms with Gasteiger partial charge < -0.3 is 4.74 Å². The predicted octanol–water partition coefficient (Wildman–Crippen LogP) is 1.26. The fourth-order valence-electron chi connectivity index (χ4n) is 2.02. The number of ether oxygens (including phenoxy) is 1. The summed E-state index contributed by atoms with van der Waals surface area (Å²) in [5.41, 5.74) is 2.18. The molecule has 0 saturated heterocycles. The molecule has 114 valence electrons. The summed E-state index contributed by atoms with van der Waals surface area (Å²) in [4.78, 5) is 11.7. The number of hydrogen-bond acceptors (Lipinski definition) is 5. The number of rotatable bonds is 4. The van der Waals surface area contributed by atoms with Gasteiger partial charge in [0.05, 0.1) is 12.7 Å². The molecule has 0 unspecified atom stereocenters. The Morgan fingerprint density at radius 2 is 1.64 bits per heavy atom. The normalized spacial score (nSPS) is 9.91. The summed E-state index contributed by atoms with van der Waals surface area (Å²) in [6, 6.07) is 12.5. The molecular weight excluding hydrogens is 306 g/mol. The molecule has 22 heavy (non-hydrogen) atoms. The molecule has 2 rings (SSSR count). The Kier molecular flexibility index (Phi) is 4.92. The van der Waals surface area contributed by atoms with Crippen LogP contribution >= 0.6 is 0 Å². The van der Waals surface area contributed by atoms with Crippen LogP contribution in [0.15, 0.2) is 48.5 Å². The van der Waals surface area contributed by atoms with Gasteiger partial charge in [-0.25, -0.2) is 5.48 Å². The van der Waals surface area contributed by atoms with Crippen LogP contribution in [0.3, 0.4) is 0 Å². The van der Waals surface area contributed by atoms with Crippen LogP contribution in [0, 0.1) is 0 Å². The highest BCUT2D eigenvalue weighted by atomic mass is 32.2. The molecule has 0 atom stereocenters. The van der Waals surface area contributed by atoms with Gasteiger partial charge in [0, 0.05) is 5.56 Å². The van der Waals surface area contributed by atoms with Gasteiger partial charge in [-0.05, 0) is 35.9 Å². The van der Waals surface area contributed by atoms with Crippen molar-refractivity contribution in [2.24, 2.45) is 0 Å². The molecule has 2 aromatic carbocycles. The Labute approximate surface area is 128 Å². The summed E-state index contributed by atoms with van der Waals surface area (Å²) >= 11 is 0. The molecule has 0 bridgehead atoms. The number of hydrogen-bond donors (Lipinski definition) is 2. The Balaban J connectivity index is 2.65. The van der Waals surface area contributed by atoms with Gasteiger partial charge >= 0.3 is 0 Å². The summed E-state index contributed by atoms with van der Waals surface area (Å²) in [6.07, 6.45) is 0. The van der Waals surface area contributed by atoms with Crippen molar-refractivity contribution in [1.29, 1.82) is 0 Å². The molecule has 6 nitrogen and oxygen atoms in total. The van der Waals surface area contributed by atoms with Crippen LogP contribution in [0.25, 0.3) is 0 Å². The van der Waals surface area contributed by atoms with Crippen molar-refractivity contribution in [1.82, 2.24) is 5.48 Å². The highest BCUT2D eigenvalue weighted by molar-refractivity contribution is 7.74. The minimum atomic E-state index is -2.58. The molecule has 2 N–H and O–H groups in total. The van der Waals surface area contributed by atoms with Gasteiger partial charge in [-0.15, -0.1) is 0 Å². The second-order valence-corrected chi connectivity index (χ2v) is 5.16. The van der Waals surface area contributed by atoms with Crippen molar-refractivity contribution in [3.63, 3.8) is 0 Å². The monoisotopic (exact) mass is 319 g/mol. The maximum Gasteiger partial charge on any atom is 0.275 e. The molecule has 0 aliphatic carbocycles. The Bertz CT molecular complexity index is 817. The third-order valence-electron chi connectivity index (χ3n) is 3.04. The molecule has 0 heterocycles. The zero-order valence-electron chi connectivity index (χ0n) is 11.6. The largest absolute Gasteiger partial charge is 0.497 e. The molecule has 0 spiro atoms. The zero-order valence-corrected chi connectivity index (χ0v) is 12.4. The van der Waals surface area contributed by atoms with Crippen molar-refractivity contribution in [3.8, 4) is 5.75 Å². The molecule has 0 aliphatic heterocycles. The lowest BCUT2D eigenvalue weighted by molar-refractivity contribution is 0.0706. The van der Waals surface area contributed by atoms with Crippen LogP contribution in [-0.4, -0.2) is 31.5 Å². The van der Waals surface area contributed by atoms with E-state index < -0.39 is 16.2 Å². The first-order chi connectivity index (χ1) is 10.6. The Morgan fingerprint density at radius 1 is 1.05 bits per heavy atom. The van der Waals surface area contributed by atoms with Gasteiger partial charge in [-0.3, -0.25) is 10.0 Å². The van der Waals surface area contributed by atoms with Crippen molar-refractivity contribution in [2.45, 2.75) is 0 Å². The average molecular weight is 319 g/mol. The van der Waals surface area contributed by atoms with E-state index in [1.165, 1.54) is 24.7 Å². The predicted molar refractivity (Wildman–Crippen MR) is 80.8 cm³/mol. The third kappa shape index (κ3) is 3.16. The summed E-state index contributed by atoms with van der Waals surface area (Å²) in [7, 11) is -1.07. The summed E-state index contributed by atoms with van der Waals surface area (Å²) in [5.74, 6) is -0.201. The SMILES string of the molecule is COc1ccc(C(c2ccccc2C(=O)NO)=S(=O)=O)cc1. The molecule has 7 heteroatoms. The molecule has 1 amide bonds. The fraction of sp³-hybridized carbons (Fsp3) is 0.0667. The van der Waals surface area contributed by atoms with Crippen molar-refractivity contribution in [3.05, 3.63) is 65.2 Å². The second-order valence-electron chi connectivity index (χ2n) is 4.28. The standard InChI is InChI=1S/C15H13NO5S/c1-21-11-8-6-10(7-9-11)14(22(19)20)12-4-2-3-5-13(12)15(17)16-18/h2-9,18H,1H3,(H,16,17). The van der Waals surface area contributed by atoms with E-state index in [1.54, 1.807) is 36.4 Å². The molecule has 0 saturated carbocycles. The molecule has 2 aromatic rings. The first-order valence-corrected chi connectivity index (χ1v) is 7.30. The minimum Gasteiger partial charge on any atom is -0.497 e. The van der Waals surface area contributed by atoms with E-state index >= 15 is 0 Å². The van der Waals surface area contributed by atoms with E-state index in [1.807, 2.05) is 0 Å². The number of nitrogens with one attached hydrogen (secondary N) is 1. The minimum absolute atomic E-state index is 0.0400. The lowest BCUT2D eigenvalue weighted by Gasteiger charge is -2.09. The fourth-order valence-corrected chi connectivity index (χ4v) is 2.71. The first-order valence-electron chi connectivity index (χ1n) is 6.23. The van der Waals surface area contributed by atoms with Crippen LogP contribution < -0.4 is 10.2 Å². The average Bonchev–Trinajstić information content (AvgIpc) is 2.55. The van der Waals surface area contributed by atoms with E-state index in [2.05, 4.69) is 0 Å². The number of carbonyl (C=O) groups excluding carboxylic acids is 1. The van der Waals surface area contributed by atoms with Crippen LogP contribution in [0.1, 0.15) is 21.5 Å². The van der Waals surface area contributed by atoms with Gasteiger partial charge in [-0.2, -0.15) is 8.42 Å². The molecule has 0 aliphatic rings. The van der Waals surface area contributed by atoms with E-state index in [0.717, 1.165) is 0 Å². The summed E-state index contributed by atoms with van der Waals surface area (Å²) in [5, 5.41) is 8.79. The van der Waals surface area contributed by atoms with Crippen LogP contribution in [0.5, 0.6) is 5.75 Å². The first kappa shape index (κ1) is 15.7. The third-order valence-corrected chi connectivity index (χ3v) is 3.83. The topological polar surface area (TPSA) is 92.7 Å². The zero-order chi connectivity index (χ0) is 16.1. The maximum atomic E-state index is 11.7.